The molecule has 0 unspecified atom stereocenters. The third-order valence-electron chi connectivity index (χ3n) is 3.81. The minimum Gasteiger partial charge on any atom is -0.463 e. The molecule has 0 aliphatic carbocycles. The molecular formula is C17H23N3O3. The molecule has 124 valence electrons. The summed E-state index contributed by atoms with van der Waals surface area (Å²) in [6.45, 7) is 3.49. The van der Waals surface area contributed by atoms with Gasteiger partial charge in [0, 0.05) is 24.9 Å². The van der Waals surface area contributed by atoms with E-state index in [-0.39, 0.29) is 11.9 Å². The van der Waals surface area contributed by atoms with Gasteiger partial charge in [0.1, 0.15) is 5.54 Å². The van der Waals surface area contributed by atoms with Gasteiger partial charge in [0.2, 0.25) is 5.91 Å². The maximum Gasteiger partial charge on any atom is 0.330 e. The second-order valence-electron chi connectivity index (χ2n) is 5.81. The highest BCUT2D eigenvalue weighted by molar-refractivity contribution is 5.98. The normalized spacial score (nSPS) is 21.5. The van der Waals surface area contributed by atoms with Gasteiger partial charge in [-0.1, -0.05) is 12.1 Å². The molecule has 23 heavy (non-hydrogen) atoms. The monoisotopic (exact) mass is 317 g/mol. The Hall–Kier alpha value is -2.18. The average Bonchev–Trinajstić information content (AvgIpc) is 2.87. The van der Waals surface area contributed by atoms with Gasteiger partial charge in [-0.15, -0.1) is 0 Å². The van der Waals surface area contributed by atoms with Crippen molar-refractivity contribution >= 4 is 23.6 Å². The SMILES string of the molecule is CCOC(=O)/C=C/c1ccc(NC(=O)[C@]2(N)CCN(C)C2)cc1. The van der Waals surface area contributed by atoms with Crippen molar-refractivity contribution in [1.29, 1.82) is 0 Å². The van der Waals surface area contributed by atoms with Gasteiger partial charge in [-0.3, -0.25) is 4.79 Å². The summed E-state index contributed by atoms with van der Waals surface area (Å²) >= 11 is 0. The fraction of sp³-hybridized carbons (Fsp3) is 0.412. The first-order valence-corrected chi connectivity index (χ1v) is 7.67. The van der Waals surface area contributed by atoms with Crippen LogP contribution in [0.15, 0.2) is 30.3 Å². The summed E-state index contributed by atoms with van der Waals surface area (Å²) in [5.41, 5.74) is 6.86. The van der Waals surface area contributed by atoms with Crippen LogP contribution in [0.4, 0.5) is 5.69 Å². The van der Waals surface area contributed by atoms with Crippen LogP contribution in [-0.4, -0.2) is 49.1 Å². The predicted molar refractivity (Wildman–Crippen MR) is 89.8 cm³/mol. The molecule has 0 aromatic heterocycles. The molecule has 0 spiro atoms. The quantitative estimate of drug-likeness (QED) is 0.630. The maximum atomic E-state index is 12.3. The van der Waals surface area contributed by atoms with Crippen LogP contribution in [0.2, 0.25) is 0 Å². The third-order valence-corrected chi connectivity index (χ3v) is 3.81. The Balaban J connectivity index is 1.95. The Kier molecular flexibility index (Phi) is 5.52. The lowest BCUT2D eigenvalue weighted by Crippen LogP contribution is -2.52. The number of likely N-dealkylation sites (tertiary alicyclic amines) is 1. The molecule has 1 saturated heterocycles. The van der Waals surface area contributed by atoms with Gasteiger partial charge in [0.15, 0.2) is 0 Å². The van der Waals surface area contributed by atoms with Crippen molar-refractivity contribution in [2.75, 3.05) is 32.1 Å². The molecular weight excluding hydrogens is 294 g/mol. The van der Waals surface area contributed by atoms with E-state index in [1.54, 1.807) is 25.1 Å². The molecule has 0 bridgehead atoms. The van der Waals surface area contributed by atoms with Gasteiger partial charge in [-0.2, -0.15) is 0 Å². The Morgan fingerprint density at radius 3 is 2.65 bits per heavy atom. The highest BCUT2D eigenvalue weighted by Gasteiger charge is 2.39. The number of rotatable bonds is 5. The second kappa shape index (κ2) is 7.39. The van der Waals surface area contributed by atoms with Crippen molar-refractivity contribution in [3.63, 3.8) is 0 Å². The topological polar surface area (TPSA) is 84.7 Å². The van der Waals surface area contributed by atoms with Crippen LogP contribution in [0, 0.1) is 0 Å². The van der Waals surface area contributed by atoms with Gasteiger partial charge in [-0.25, -0.2) is 4.79 Å². The molecule has 1 atom stereocenters. The number of likely N-dealkylation sites (N-methyl/N-ethyl adjacent to an activating group) is 1. The molecule has 1 aliphatic heterocycles. The number of nitrogens with zero attached hydrogens (tertiary/aromatic N) is 1. The fourth-order valence-corrected chi connectivity index (χ4v) is 2.50. The standard InChI is InChI=1S/C17H23N3O3/c1-3-23-15(21)9-6-13-4-7-14(8-5-13)19-16(22)17(18)10-11-20(2)12-17/h4-9H,3,10-12,18H2,1-2H3,(H,19,22)/b9-6+/t17-/m0/s1. The summed E-state index contributed by atoms with van der Waals surface area (Å²) in [6.07, 6.45) is 3.69. The first-order chi connectivity index (χ1) is 10.9. The van der Waals surface area contributed by atoms with Crippen LogP contribution in [-0.2, 0) is 14.3 Å². The number of nitrogens with one attached hydrogen (secondary N) is 1. The van der Waals surface area contributed by atoms with E-state index in [0.29, 0.717) is 25.3 Å². The van der Waals surface area contributed by atoms with Crippen molar-refractivity contribution in [2.24, 2.45) is 5.73 Å². The second-order valence-corrected chi connectivity index (χ2v) is 5.81. The minimum atomic E-state index is -0.836. The van der Waals surface area contributed by atoms with Crippen molar-refractivity contribution < 1.29 is 14.3 Å². The number of carbonyl (C=O) groups is 2. The molecule has 3 N–H and O–H groups in total. The summed E-state index contributed by atoms with van der Waals surface area (Å²) in [5.74, 6) is -0.544. The zero-order chi connectivity index (χ0) is 16.9. The van der Waals surface area contributed by atoms with Crippen LogP contribution in [0.3, 0.4) is 0 Å². The van der Waals surface area contributed by atoms with Crippen LogP contribution >= 0.6 is 0 Å². The van der Waals surface area contributed by atoms with Crippen molar-refractivity contribution in [1.82, 2.24) is 4.90 Å². The molecule has 2 rings (SSSR count). The number of benzene rings is 1. The molecule has 1 amide bonds. The number of carbonyl (C=O) groups excluding carboxylic acids is 2. The Morgan fingerprint density at radius 2 is 2.09 bits per heavy atom. The lowest BCUT2D eigenvalue weighted by Gasteiger charge is -2.22. The molecule has 1 heterocycles. The van der Waals surface area contributed by atoms with E-state index in [0.717, 1.165) is 12.1 Å². The molecule has 6 heteroatoms. The molecule has 0 saturated carbocycles. The third kappa shape index (κ3) is 4.64. The number of hydrogen-bond acceptors (Lipinski definition) is 5. The Labute approximate surface area is 136 Å². The van der Waals surface area contributed by atoms with Gasteiger partial charge in [0.25, 0.3) is 0 Å². The highest BCUT2D eigenvalue weighted by Crippen LogP contribution is 2.20. The Morgan fingerprint density at radius 1 is 1.39 bits per heavy atom. The zero-order valence-electron chi connectivity index (χ0n) is 13.5. The molecule has 1 aromatic rings. The van der Waals surface area contributed by atoms with Gasteiger partial charge in [-0.05, 0) is 44.2 Å². The number of nitrogens with two attached hydrogens (primary N) is 1. The first kappa shape index (κ1) is 17.2. The predicted octanol–water partition coefficient (Wildman–Crippen LogP) is 1.23. The zero-order valence-corrected chi connectivity index (χ0v) is 13.5. The highest BCUT2D eigenvalue weighted by atomic mass is 16.5. The lowest BCUT2D eigenvalue weighted by atomic mass is 9.99. The summed E-state index contributed by atoms with van der Waals surface area (Å²) in [5, 5.41) is 2.85. The van der Waals surface area contributed by atoms with E-state index in [4.69, 9.17) is 10.5 Å². The summed E-state index contributed by atoms with van der Waals surface area (Å²) < 4.78 is 4.82. The summed E-state index contributed by atoms with van der Waals surface area (Å²) in [4.78, 5) is 25.6. The van der Waals surface area contributed by atoms with Crippen molar-refractivity contribution in [2.45, 2.75) is 18.9 Å². The average molecular weight is 317 g/mol. The van der Waals surface area contributed by atoms with Crippen LogP contribution in [0.5, 0.6) is 0 Å². The first-order valence-electron chi connectivity index (χ1n) is 7.67. The van der Waals surface area contributed by atoms with E-state index >= 15 is 0 Å². The number of amides is 1. The molecule has 1 aliphatic rings. The molecule has 6 nitrogen and oxygen atoms in total. The maximum absolute atomic E-state index is 12.3. The van der Waals surface area contributed by atoms with Crippen LogP contribution in [0.25, 0.3) is 6.08 Å². The van der Waals surface area contributed by atoms with E-state index in [2.05, 4.69) is 5.32 Å². The van der Waals surface area contributed by atoms with E-state index in [1.807, 2.05) is 24.1 Å². The van der Waals surface area contributed by atoms with E-state index in [1.165, 1.54) is 6.08 Å². The molecule has 1 fully saturated rings. The van der Waals surface area contributed by atoms with Gasteiger partial charge in [0.05, 0.1) is 6.61 Å². The molecule has 0 radical (unpaired) electrons. The minimum absolute atomic E-state index is 0.170. The fourth-order valence-electron chi connectivity index (χ4n) is 2.50. The largest absolute Gasteiger partial charge is 0.463 e. The summed E-state index contributed by atoms with van der Waals surface area (Å²) in [7, 11) is 1.95. The number of anilines is 1. The molecule has 1 aromatic carbocycles. The van der Waals surface area contributed by atoms with Gasteiger partial charge >= 0.3 is 5.97 Å². The number of ether oxygens (including phenoxy) is 1. The van der Waals surface area contributed by atoms with Gasteiger partial charge < -0.3 is 20.7 Å². The number of esters is 1. The smallest absolute Gasteiger partial charge is 0.330 e. The number of hydrogen-bond donors (Lipinski definition) is 2. The van der Waals surface area contributed by atoms with Crippen LogP contribution < -0.4 is 11.1 Å². The van der Waals surface area contributed by atoms with Crippen molar-refractivity contribution in [3.8, 4) is 0 Å². The lowest BCUT2D eigenvalue weighted by molar-refractivity contribution is -0.137. The van der Waals surface area contributed by atoms with E-state index < -0.39 is 5.54 Å². The van der Waals surface area contributed by atoms with Crippen LogP contribution in [0.1, 0.15) is 18.9 Å². The van der Waals surface area contributed by atoms with Crippen molar-refractivity contribution in [3.05, 3.63) is 35.9 Å². The van der Waals surface area contributed by atoms with E-state index in [9.17, 15) is 9.59 Å². The summed E-state index contributed by atoms with van der Waals surface area (Å²) in [6, 6.07) is 7.19. The Bertz CT molecular complexity index is 598.